The van der Waals surface area contributed by atoms with Crippen LogP contribution in [-0.2, 0) is 12.3 Å². The van der Waals surface area contributed by atoms with E-state index < -0.39 is 13.4 Å². The second-order valence-corrected chi connectivity index (χ2v) is 4.89. The molecular formula is C8H12B2N4O2S2. The minimum Gasteiger partial charge on any atom is -0.444 e. The Bertz CT molecular complexity index is 517. The lowest BCUT2D eigenvalue weighted by atomic mass is 10.1. The predicted molar refractivity (Wildman–Crippen MR) is 77.7 cm³/mol. The van der Waals surface area contributed by atoms with Gasteiger partial charge in [0, 0.05) is 24.4 Å². The quantitative estimate of drug-likeness (QED) is 0.337. The lowest BCUT2D eigenvalue weighted by Crippen LogP contribution is -2.01. The van der Waals surface area contributed by atoms with Crippen molar-refractivity contribution in [2.45, 2.75) is 24.1 Å². The molecule has 94 valence electrons. The van der Waals surface area contributed by atoms with Gasteiger partial charge in [0.15, 0.2) is 0 Å². The van der Waals surface area contributed by atoms with Crippen LogP contribution in [0.4, 0.5) is 0 Å². The lowest BCUT2D eigenvalue weighted by molar-refractivity contribution is 0.622. The van der Waals surface area contributed by atoms with Gasteiger partial charge in [-0.1, -0.05) is 5.11 Å². The first-order valence-electron chi connectivity index (χ1n) is 6.08. The van der Waals surface area contributed by atoms with Crippen molar-refractivity contribution in [1.29, 1.82) is 2.67 Å². The highest BCUT2D eigenvalue weighted by molar-refractivity contribution is 8.22. The monoisotopic (exact) mass is 286 g/mol. The summed E-state index contributed by atoms with van der Waals surface area (Å²) in [6.45, 7) is -0.799. The normalized spacial score (nSPS) is 11.3. The molecule has 0 aliphatic carbocycles. The highest BCUT2D eigenvalue weighted by atomic mass is 32.2. The van der Waals surface area contributed by atoms with Gasteiger partial charge in [0.05, 0.1) is 12.2 Å². The summed E-state index contributed by atoms with van der Waals surface area (Å²) in [5.74, 6) is 0.305. The van der Waals surface area contributed by atoms with Gasteiger partial charge in [-0.05, 0) is 23.6 Å². The van der Waals surface area contributed by atoms with Crippen molar-refractivity contribution < 1.29 is 10.0 Å². The molecule has 0 saturated carbocycles. The Labute approximate surface area is 117 Å². The zero-order valence-corrected chi connectivity index (χ0v) is 11.3. The van der Waals surface area contributed by atoms with Gasteiger partial charge in [-0.3, -0.25) is 4.98 Å². The molecule has 0 aliphatic rings. The van der Waals surface area contributed by atoms with E-state index in [0.29, 0.717) is 21.9 Å². The van der Waals surface area contributed by atoms with E-state index in [-0.39, 0.29) is 6.54 Å². The minimum absolute atomic E-state index is 0.0927. The molecule has 0 radical (unpaired) electrons. The molecule has 0 atom stereocenters. The van der Waals surface area contributed by atoms with Crippen molar-refractivity contribution in [2.24, 2.45) is 5.11 Å². The maximum atomic E-state index is 9.23. The van der Waals surface area contributed by atoms with Gasteiger partial charge >= 0.3 is 13.4 Å². The summed E-state index contributed by atoms with van der Waals surface area (Å²) in [5.41, 5.74) is 10.4. The van der Waals surface area contributed by atoms with E-state index in [1.54, 1.807) is 13.1 Å². The number of aromatic nitrogens is 1. The number of aryl methyl sites for hydroxylation is 1. The summed E-state index contributed by atoms with van der Waals surface area (Å²) in [6.07, 6.45) is 1.57. The first kappa shape index (κ1) is 12.3. The van der Waals surface area contributed by atoms with Crippen LogP contribution in [0.1, 0.15) is 16.8 Å². The van der Waals surface area contributed by atoms with Crippen LogP contribution in [0, 0.1) is 6.92 Å². The van der Waals surface area contributed by atoms with E-state index in [2.05, 4.69) is 15.0 Å². The van der Waals surface area contributed by atoms with E-state index in [4.69, 9.17) is 13.2 Å². The maximum absolute atomic E-state index is 9.23. The molecule has 0 amide bonds. The standard InChI is InChI=1S/C8H12B2N4O2S2/c1-5-8(18-10-16)7(4-17-9-15)6(2-12-5)3-13-14-11/h2,9-10,15-16H,3-4H2,1H3/i9T,10T. The van der Waals surface area contributed by atoms with E-state index in [1.807, 2.05) is 0 Å². The van der Waals surface area contributed by atoms with Crippen LogP contribution >= 0.6 is 23.2 Å². The van der Waals surface area contributed by atoms with Crippen LogP contribution in [-0.4, -0.2) is 31.2 Å². The van der Waals surface area contributed by atoms with E-state index in [1.165, 1.54) is 0 Å². The summed E-state index contributed by atoms with van der Waals surface area (Å²) in [4.78, 5) is 7.46. The van der Waals surface area contributed by atoms with Crippen molar-refractivity contribution in [1.82, 2.24) is 4.98 Å². The molecule has 0 saturated heterocycles. The smallest absolute Gasteiger partial charge is 0.344 e. The molecule has 0 bridgehead atoms. The Hall–Kier alpha value is -0.790. The molecule has 0 spiro atoms. The van der Waals surface area contributed by atoms with Crippen molar-refractivity contribution in [2.75, 3.05) is 0 Å². The lowest BCUT2D eigenvalue weighted by Gasteiger charge is -2.14. The highest BCUT2D eigenvalue weighted by Gasteiger charge is 2.12. The molecule has 0 aromatic carbocycles. The van der Waals surface area contributed by atoms with Crippen LogP contribution in [0.15, 0.2) is 16.2 Å². The molecule has 1 aromatic rings. The summed E-state index contributed by atoms with van der Waals surface area (Å²) in [6, 6.07) is 0. The number of azide groups is 1. The Kier molecular flexibility index (Phi) is 5.68. The average Bonchev–Trinajstić information content (AvgIpc) is 2.37. The summed E-state index contributed by atoms with van der Waals surface area (Å²) in [7, 11) is 0. The zero-order valence-electron chi connectivity index (χ0n) is 11.6. The van der Waals surface area contributed by atoms with Gasteiger partial charge in [-0.15, -0.1) is 11.6 Å². The fourth-order valence-corrected chi connectivity index (χ4v) is 2.74. The Morgan fingerprint density at radius 3 is 3.00 bits per heavy atom. The van der Waals surface area contributed by atoms with Gasteiger partial charge in [0.1, 0.15) is 0 Å². The largest absolute Gasteiger partial charge is 0.444 e. The number of hydrogen-bond acceptors (Lipinski definition) is 6. The highest BCUT2D eigenvalue weighted by Crippen LogP contribution is 2.30. The SMILES string of the molecule is [3H]B(O)SCc1c(CN=[N+]=[N-])cnc(C)c1SB([3H])O. The summed E-state index contributed by atoms with van der Waals surface area (Å²) < 4.78 is 14.4. The van der Waals surface area contributed by atoms with Crippen molar-refractivity contribution >= 4 is 36.7 Å². The van der Waals surface area contributed by atoms with E-state index >= 15 is 0 Å². The number of nitrogens with zero attached hydrogens (tertiary/aromatic N) is 4. The van der Waals surface area contributed by atoms with Gasteiger partial charge in [-0.25, -0.2) is 0 Å². The molecular weight excluding hydrogens is 270 g/mol. The van der Waals surface area contributed by atoms with Gasteiger partial charge in [0.2, 0.25) is 0 Å². The first-order chi connectivity index (χ1) is 9.45. The molecule has 10 heteroatoms. The van der Waals surface area contributed by atoms with Crippen LogP contribution in [0.25, 0.3) is 10.4 Å². The van der Waals surface area contributed by atoms with E-state index in [9.17, 15) is 5.02 Å². The zero-order chi connectivity index (χ0) is 15.1. The average molecular weight is 286 g/mol. The van der Waals surface area contributed by atoms with Crippen molar-refractivity contribution in [3.63, 3.8) is 0 Å². The number of rotatable bonds is 7. The molecule has 0 fully saturated rings. The molecule has 18 heavy (non-hydrogen) atoms. The third kappa shape index (κ3) is 4.15. The van der Waals surface area contributed by atoms with Gasteiger partial charge in [-0.2, -0.15) is 11.6 Å². The van der Waals surface area contributed by atoms with Crippen LogP contribution in [0.3, 0.4) is 0 Å². The first-order valence-corrected chi connectivity index (χ1v) is 6.85. The fourth-order valence-electron chi connectivity index (χ4n) is 1.41. The third-order valence-corrected chi connectivity index (χ3v) is 3.67. The molecule has 0 aliphatic heterocycles. The van der Waals surface area contributed by atoms with Crippen LogP contribution in [0.2, 0.25) is 0 Å². The molecule has 1 rings (SSSR count). The summed E-state index contributed by atoms with van der Waals surface area (Å²) >= 11 is 1.91. The second kappa shape index (κ2) is 8.34. The molecule has 1 heterocycles. The Morgan fingerprint density at radius 2 is 2.39 bits per heavy atom. The topological polar surface area (TPSA) is 102 Å². The summed E-state index contributed by atoms with van der Waals surface area (Å²) in [5, 5.41) is 21.8. The van der Waals surface area contributed by atoms with Gasteiger partial charge in [0.25, 0.3) is 0 Å². The Balaban J connectivity index is 3.18. The van der Waals surface area contributed by atoms with Crippen molar-refractivity contribution in [3.05, 3.63) is 33.5 Å². The third-order valence-electron chi connectivity index (χ3n) is 2.18. The van der Waals surface area contributed by atoms with Gasteiger partial charge < -0.3 is 10.0 Å². The number of pyridine rings is 1. The van der Waals surface area contributed by atoms with Crippen LogP contribution in [0.5, 0.6) is 0 Å². The fraction of sp³-hybridized carbons (Fsp3) is 0.375. The Morgan fingerprint density at radius 1 is 1.61 bits per heavy atom. The molecule has 1 aromatic heterocycles. The number of hydrogen-bond donors (Lipinski definition) is 2. The van der Waals surface area contributed by atoms with Crippen LogP contribution < -0.4 is 0 Å². The van der Waals surface area contributed by atoms with E-state index in [0.717, 1.165) is 28.8 Å². The predicted octanol–water partition coefficient (Wildman–Crippen LogP) is 1.04. The molecule has 6 nitrogen and oxygen atoms in total. The molecule has 0 unspecified atom stereocenters. The minimum atomic E-state index is -1.35. The van der Waals surface area contributed by atoms with Crippen molar-refractivity contribution in [3.8, 4) is 0 Å². The molecule has 2 N–H and O–H groups in total. The second-order valence-electron chi connectivity index (χ2n) is 3.21. The maximum Gasteiger partial charge on any atom is 0.344 e.